The van der Waals surface area contributed by atoms with Gasteiger partial charge in [-0.15, -0.1) is 10.2 Å². The number of ether oxygens (including phenoxy) is 1. The summed E-state index contributed by atoms with van der Waals surface area (Å²) in [5.41, 5.74) is 1.96. The van der Waals surface area contributed by atoms with Gasteiger partial charge in [-0.2, -0.15) is 0 Å². The summed E-state index contributed by atoms with van der Waals surface area (Å²) in [5.74, 6) is 2.46. The van der Waals surface area contributed by atoms with Crippen LogP contribution in [0.1, 0.15) is 19.7 Å². The molecule has 23 heavy (non-hydrogen) atoms. The second kappa shape index (κ2) is 6.42. The van der Waals surface area contributed by atoms with Gasteiger partial charge in [-0.1, -0.05) is 11.6 Å². The molecule has 0 fully saturated rings. The lowest BCUT2D eigenvalue weighted by Crippen LogP contribution is -2.05. The normalized spacial score (nSPS) is 11.0. The van der Waals surface area contributed by atoms with Crippen LogP contribution in [0.3, 0.4) is 0 Å². The number of hydrogen-bond donors (Lipinski definition) is 0. The molecule has 3 rings (SSSR count). The summed E-state index contributed by atoms with van der Waals surface area (Å²) in [7, 11) is 0. The highest BCUT2D eigenvalue weighted by Gasteiger charge is 2.13. The average molecular weight is 328 g/mol. The minimum Gasteiger partial charge on any atom is -0.491 e. The van der Waals surface area contributed by atoms with Crippen molar-refractivity contribution in [2.24, 2.45) is 0 Å². The molecule has 4 nitrogen and oxygen atoms in total. The first-order valence-electron chi connectivity index (χ1n) is 7.49. The molecule has 118 valence electrons. The van der Waals surface area contributed by atoms with Gasteiger partial charge in [-0.3, -0.25) is 4.57 Å². The molecule has 0 spiro atoms. The molecule has 0 aliphatic rings. The molecule has 0 aliphatic carbocycles. The van der Waals surface area contributed by atoms with Crippen LogP contribution >= 0.6 is 11.6 Å². The topological polar surface area (TPSA) is 39.9 Å². The van der Waals surface area contributed by atoms with Crippen LogP contribution in [0.4, 0.5) is 0 Å². The number of aryl methyl sites for hydroxylation is 1. The minimum atomic E-state index is 0.154. The molecule has 1 heterocycles. The lowest BCUT2D eigenvalue weighted by Gasteiger charge is -2.11. The number of nitrogens with zero attached hydrogens (tertiary/aromatic N) is 3. The second-order valence-corrected chi connectivity index (χ2v) is 6.01. The number of rotatable bonds is 4. The van der Waals surface area contributed by atoms with Crippen molar-refractivity contribution in [1.29, 1.82) is 0 Å². The molecule has 0 radical (unpaired) electrons. The van der Waals surface area contributed by atoms with E-state index in [4.69, 9.17) is 16.3 Å². The van der Waals surface area contributed by atoms with Gasteiger partial charge in [-0.25, -0.2) is 0 Å². The van der Waals surface area contributed by atoms with Gasteiger partial charge in [0.25, 0.3) is 0 Å². The Balaban J connectivity index is 1.99. The molecule has 0 amide bonds. The van der Waals surface area contributed by atoms with E-state index in [1.54, 1.807) is 0 Å². The fourth-order valence-electron chi connectivity index (χ4n) is 2.40. The van der Waals surface area contributed by atoms with Gasteiger partial charge in [0.1, 0.15) is 11.6 Å². The first-order valence-corrected chi connectivity index (χ1v) is 7.87. The molecule has 0 saturated carbocycles. The van der Waals surface area contributed by atoms with Crippen LogP contribution in [0.2, 0.25) is 5.02 Å². The van der Waals surface area contributed by atoms with Gasteiger partial charge < -0.3 is 4.74 Å². The third-order valence-electron chi connectivity index (χ3n) is 3.39. The molecule has 3 aromatic rings. The summed E-state index contributed by atoms with van der Waals surface area (Å²) in [6.45, 7) is 5.95. The zero-order valence-corrected chi connectivity index (χ0v) is 14.1. The van der Waals surface area contributed by atoms with Crippen molar-refractivity contribution >= 4 is 11.6 Å². The minimum absolute atomic E-state index is 0.154. The molecule has 0 unspecified atom stereocenters. The van der Waals surface area contributed by atoms with Crippen molar-refractivity contribution < 1.29 is 4.74 Å². The predicted octanol–water partition coefficient (Wildman–Crippen LogP) is 4.68. The van der Waals surface area contributed by atoms with Crippen LogP contribution in [0.25, 0.3) is 17.1 Å². The number of aromatic nitrogens is 3. The summed E-state index contributed by atoms with van der Waals surface area (Å²) < 4.78 is 7.69. The zero-order chi connectivity index (χ0) is 16.4. The maximum atomic E-state index is 5.97. The average Bonchev–Trinajstić information content (AvgIpc) is 2.90. The Morgan fingerprint density at radius 2 is 1.61 bits per heavy atom. The molecule has 0 atom stereocenters. The van der Waals surface area contributed by atoms with Crippen LogP contribution < -0.4 is 4.74 Å². The van der Waals surface area contributed by atoms with Crippen LogP contribution in [0.15, 0.2) is 48.5 Å². The summed E-state index contributed by atoms with van der Waals surface area (Å²) >= 11 is 5.97. The Morgan fingerprint density at radius 1 is 0.957 bits per heavy atom. The van der Waals surface area contributed by atoms with Gasteiger partial charge in [0, 0.05) is 16.3 Å². The molecular formula is C18H18ClN3O. The molecule has 0 aliphatic heterocycles. The Kier molecular flexibility index (Phi) is 4.35. The van der Waals surface area contributed by atoms with Gasteiger partial charge in [0.15, 0.2) is 5.82 Å². The van der Waals surface area contributed by atoms with E-state index in [1.807, 2.05) is 73.9 Å². The number of hydrogen-bond acceptors (Lipinski definition) is 3. The molecule has 0 N–H and O–H groups in total. The molecule has 5 heteroatoms. The third kappa shape index (κ3) is 3.37. The molecule has 0 saturated heterocycles. The van der Waals surface area contributed by atoms with Crippen LogP contribution in [-0.2, 0) is 0 Å². The monoisotopic (exact) mass is 327 g/mol. The van der Waals surface area contributed by atoms with E-state index in [9.17, 15) is 0 Å². The van der Waals surface area contributed by atoms with E-state index in [-0.39, 0.29) is 6.10 Å². The van der Waals surface area contributed by atoms with Crippen molar-refractivity contribution in [2.75, 3.05) is 0 Å². The van der Waals surface area contributed by atoms with E-state index >= 15 is 0 Å². The summed E-state index contributed by atoms with van der Waals surface area (Å²) in [5, 5.41) is 9.23. The fraction of sp³-hybridized carbons (Fsp3) is 0.222. The van der Waals surface area contributed by atoms with E-state index in [0.717, 1.165) is 28.6 Å². The van der Waals surface area contributed by atoms with Gasteiger partial charge in [0.2, 0.25) is 0 Å². The predicted molar refractivity (Wildman–Crippen MR) is 92.3 cm³/mol. The van der Waals surface area contributed by atoms with E-state index in [2.05, 4.69) is 10.2 Å². The fourth-order valence-corrected chi connectivity index (χ4v) is 2.53. The van der Waals surface area contributed by atoms with Gasteiger partial charge in [0.05, 0.1) is 6.10 Å². The summed E-state index contributed by atoms with van der Waals surface area (Å²) in [6.07, 6.45) is 0.154. The zero-order valence-electron chi connectivity index (χ0n) is 13.3. The van der Waals surface area contributed by atoms with E-state index < -0.39 is 0 Å². The first-order chi connectivity index (χ1) is 11.0. The van der Waals surface area contributed by atoms with Crippen molar-refractivity contribution in [3.8, 4) is 22.8 Å². The molecule has 0 bridgehead atoms. The Bertz CT molecular complexity index is 792. The highest BCUT2D eigenvalue weighted by atomic mass is 35.5. The Labute approximate surface area is 140 Å². The Morgan fingerprint density at radius 3 is 2.22 bits per heavy atom. The van der Waals surface area contributed by atoms with Crippen molar-refractivity contribution in [2.45, 2.75) is 26.9 Å². The smallest absolute Gasteiger partial charge is 0.168 e. The standard InChI is InChI=1S/C18H18ClN3O/c1-12(2)23-17-10-4-14(5-11-17)18-21-20-13(3)22(18)16-8-6-15(19)7-9-16/h4-12H,1-3H3. The maximum Gasteiger partial charge on any atom is 0.168 e. The number of halogens is 1. The van der Waals surface area contributed by atoms with Crippen molar-refractivity contribution in [3.63, 3.8) is 0 Å². The van der Waals surface area contributed by atoms with Crippen LogP contribution in [0, 0.1) is 6.92 Å². The largest absolute Gasteiger partial charge is 0.491 e. The van der Waals surface area contributed by atoms with Crippen molar-refractivity contribution in [1.82, 2.24) is 14.8 Å². The van der Waals surface area contributed by atoms with E-state index in [0.29, 0.717) is 5.02 Å². The van der Waals surface area contributed by atoms with Crippen molar-refractivity contribution in [3.05, 3.63) is 59.4 Å². The SMILES string of the molecule is Cc1nnc(-c2ccc(OC(C)C)cc2)n1-c1ccc(Cl)cc1. The lowest BCUT2D eigenvalue weighted by molar-refractivity contribution is 0.242. The lowest BCUT2D eigenvalue weighted by atomic mass is 10.2. The van der Waals surface area contributed by atoms with Gasteiger partial charge in [-0.05, 0) is 69.3 Å². The Hall–Kier alpha value is -2.33. The quantitative estimate of drug-likeness (QED) is 0.698. The number of benzene rings is 2. The highest BCUT2D eigenvalue weighted by Crippen LogP contribution is 2.25. The van der Waals surface area contributed by atoms with Gasteiger partial charge >= 0.3 is 0 Å². The second-order valence-electron chi connectivity index (χ2n) is 5.57. The molecule has 2 aromatic carbocycles. The first kappa shape index (κ1) is 15.6. The highest BCUT2D eigenvalue weighted by molar-refractivity contribution is 6.30. The third-order valence-corrected chi connectivity index (χ3v) is 3.65. The summed E-state index contributed by atoms with van der Waals surface area (Å²) in [6, 6.07) is 15.5. The summed E-state index contributed by atoms with van der Waals surface area (Å²) in [4.78, 5) is 0. The van der Waals surface area contributed by atoms with E-state index in [1.165, 1.54) is 0 Å². The maximum absolute atomic E-state index is 5.97. The molecule has 1 aromatic heterocycles. The van der Waals surface area contributed by atoms with Crippen LogP contribution in [0.5, 0.6) is 5.75 Å². The van der Waals surface area contributed by atoms with Crippen LogP contribution in [-0.4, -0.2) is 20.9 Å². The molecular weight excluding hydrogens is 310 g/mol.